The molecule has 0 radical (unpaired) electrons. The van der Waals surface area contributed by atoms with Crippen LogP contribution in [0.5, 0.6) is 5.75 Å². The summed E-state index contributed by atoms with van der Waals surface area (Å²) in [6, 6.07) is 4.32. The maximum Gasteiger partial charge on any atom is 0.416 e. The molecular weight excluding hydrogens is 373 g/mol. The van der Waals surface area contributed by atoms with Crippen LogP contribution < -0.4 is 4.74 Å². The molecule has 1 amide bonds. The topological polar surface area (TPSA) is 53.0 Å². The smallest absolute Gasteiger partial charge is 0.416 e. The van der Waals surface area contributed by atoms with Crippen LogP contribution in [0.4, 0.5) is 13.2 Å². The highest BCUT2D eigenvalue weighted by atomic mass is 19.4. The van der Waals surface area contributed by atoms with E-state index < -0.39 is 17.8 Å². The van der Waals surface area contributed by atoms with Crippen LogP contribution in [-0.4, -0.2) is 66.8 Å². The first kappa shape index (κ1) is 22.5. The number of carbonyl (C=O) groups is 1. The van der Waals surface area contributed by atoms with Gasteiger partial charge in [-0.2, -0.15) is 13.2 Å². The Hall–Kier alpha value is -1.80. The standard InChI is InChI=1S/C20H29F3N2O3/c1-14-8-15(2)10-25(9-14)19(27)12-24(3)11-17(26)13-28-18-6-4-16(5-7-18)20(21,22)23/h4-7,14-15,17,26H,8-13H2,1-3H3. The number of carbonyl (C=O) groups excluding carboxylic acids is 1. The molecule has 1 saturated heterocycles. The largest absolute Gasteiger partial charge is 0.491 e. The molecule has 28 heavy (non-hydrogen) atoms. The first-order valence-corrected chi connectivity index (χ1v) is 9.49. The molecule has 0 bridgehead atoms. The third kappa shape index (κ3) is 6.98. The van der Waals surface area contributed by atoms with Gasteiger partial charge in [-0.3, -0.25) is 9.69 Å². The fraction of sp³-hybridized carbons (Fsp3) is 0.650. The summed E-state index contributed by atoms with van der Waals surface area (Å²) in [4.78, 5) is 16.1. The van der Waals surface area contributed by atoms with Crippen molar-refractivity contribution in [1.82, 2.24) is 9.80 Å². The Morgan fingerprint density at radius 1 is 1.25 bits per heavy atom. The highest BCUT2D eigenvalue weighted by molar-refractivity contribution is 5.78. The van der Waals surface area contributed by atoms with Crippen LogP contribution in [0, 0.1) is 11.8 Å². The second-order valence-corrected chi connectivity index (χ2v) is 7.93. The second-order valence-electron chi connectivity index (χ2n) is 7.93. The summed E-state index contributed by atoms with van der Waals surface area (Å²) >= 11 is 0. The molecule has 1 aromatic rings. The Bertz CT molecular complexity index is 627. The minimum absolute atomic E-state index is 0.0387. The number of hydrogen-bond donors (Lipinski definition) is 1. The van der Waals surface area contributed by atoms with E-state index in [1.807, 2.05) is 4.90 Å². The molecule has 1 aliphatic rings. The summed E-state index contributed by atoms with van der Waals surface area (Å²) in [5, 5.41) is 10.1. The normalized spacial score (nSPS) is 21.6. The minimum atomic E-state index is -4.39. The molecule has 3 unspecified atom stereocenters. The molecule has 1 aromatic carbocycles. The average molecular weight is 402 g/mol. The van der Waals surface area contributed by atoms with Crippen molar-refractivity contribution < 1.29 is 27.8 Å². The zero-order valence-electron chi connectivity index (χ0n) is 16.6. The zero-order valence-corrected chi connectivity index (χ0v) is 16.6. The monoisotopic (exact) mass is 402 g/mol. The van der Waals surface area contributed by atoms with Crippen LogP contribution in [0.15, 0.2) is 24.3 Å². The van der Waals surface area contributed by atoms with E-state index in [9.17, 15) is 23.1 Å². The SMILES string of the molecule is CC1CC(C)CN(C(=O)CN(C)CC(O)COc2ccc(C(F)(F)F)cc2)C1. The van der Waals surface area contributed by atoms with Crippen molar-refractivity contribution in [3.8, 4) is 5.75 Å². The molecular formula is C20H29F3N2O3. The lowest BCUT2D eigenvalue weighted by Gasteiger charge is -2.36. The van der Waals surface area contributed by atoms with E-state index in [0.717, 1.165) is 31.6 Å². The van der Waals surface area contributed by atoms with E-state index in [-0.39, 0.29) is 31.4 Å². The van der Waals surface area contributed by atoms with Crippen molar-refractivity contribution in [2.45, 2.75) is 32.5 Å². The molecule has 3 atom stereocenters. The Labute approximate surface area is 164 Å². The Balaban J connectivity index is 1.74. The molecule has 1 fully saturated rings. The Morgan fingerprint density at radius 3 is 2.36 bits per heavy atom. The maximum atomic E-state index is 12.5. The van der Waals surface area contributed by atoms with Gasteiger partial charge in [-0.1, -0.05) is 13.8 Å². The summed E-state index contributed by atoms with van der Waals surface area (Å²) in [5.41, 5.74) is -0.750. The number of nitrogens with zero attached hydrogens (tertiary/aromatic N) is 2. The number of piperidine rings is 1. The van der Waals surface area contributed by atoms with E-state index in [4.69, 9.17) is 4.74 Å². The van der Waals surface area contributed by atoms with Gasteiger partial charge in [-0.15, -0.1) is 0 Å². The van der Waals surface area contributed by atoms with Crippen LogP contribution in [-0.2, 0) is 11.0 Å². The minimum Gasteiger partial charge on any atom is -0.491 e. The van der Waals surface area contributed by atoms with Gasteiger partial charge in [0.1, 0.15) is 18.5 Å². The number of aliphatic hydroxyl groups excluding tert-OH is 1. The molecule has 8 heteroatoms. The highest BCUT2D eigenvalue weighted by Gasteiger charge is 2.30. The third-order valence-electron chi connectivity index (χ3n) is 4.77. The Morgan fingerprint density at radius 2 is 1.82 bits per heavy atom. The van der Waals surface area contributed by atoms with Crippen LogP contribution in [0.1, 0.15) is 25.8 Å². The van der Waals surface area contributed by atoms with Gasteiger partial charge in [-0.05, 0) is 49.6 Å². The average Bonchev–Trinajstić information content (AvgIpc) is 2.58. The molecule has 2 rings (SSSR count). The molecule has 158 valence electrons. The van der Waals surface area contributed by atoms with Gasteiger partial charge in [0.25, 0.3) is 0 Å². The number of halogens is 3. The fourth-order valence-electron chi connectivity index (χ4n) is 3.61. The lowest BCUT2D eigenvalue weighted by molar-refractivity contribution is -0.137. The number of likely N-dealkylation sites (tertiary alicyclic amines) is 1. The van der Waals surface area contributed by atoms with Crippen molar-refractivity contribution in [2.24, 2.45) is 11.8 Å². The van der Waals surface area contributed by atoms with Gasteiger partial charge >= 0.3 is 6.18 Å². The first-order chi connectivity index (χ1) is 13.0. The number of likely N-dealkylation sites (N-methyl/N-ethyl adjacent to an activating group) is 1. The van der Waals surface area contributed by atoms with E-state index >= 15 is 0 Å². The quantitative estimate of drug-likeness (QED) is 0.762. The molecule has 1 N–H and O–H groups in total. The number of ether oxygens (including phenoxy) is 1. The zero-order chi connectivity index (χ0) is 20.9. The van der Waals surface area contributed by atoms with Gasteiger partial charge in [0, 0.05) is 19.6 Å². The third-order valence-corrected chi connectivity index (χ3v) is 4.77. The lowest BCUT2D eigenvalue weighted by atomic mass is 9.92. The second kappa shape index (κ2) is 9.60. The number of rotatable bonds is 7. The number of alkyl halides is 3. The van der Waals surface area contributed by atoms with Crippen molar-refractivity contribution in [1.29, 1.82) is 0 Å². The van der Waals surface area contributed by atoms with E-state index in [1.54, 1.807) is 11.9 Å². The van der Waals surface area contributed by atoms with Crippen molar-refractivity contribution in [3.05, 3.63) is 29.8 Å². The summed E-state index contributed by atoms with van der Waals surface area (Å²) in [7, 11) is 1.75. The van der Waals surface area contributed by atoms with Crippen molar-refractivity contribution in [3.63, 3.8) is 0 Å². The van der Waals surface area contributed by atoms with Crippen LogP contribution in [0.2, 0.25) is 0 Å². The van der Waals surface area contributed by atoms with E-state index in [1.165, 1.54) is 12.1 Å². The van der Waals surface area contributed by atoms with Gasteiger partial charge in [-0.25, -0.2) is 0 Å². The molecule has 1 heterocycles. The summed E-state index contributed by atoms with van der Waals surface area (Å²) < 4.78 is 43.0. The number of amides is 1. The van der Waals surface area contributed by atoms with Crippen LogP contribution in [0.3, 0.4) is 0 Å². The van der Waals surface area contributed by atoms with Gasteiger partial charge < -0.3 is 14.7 Å². The first-order valence-electron chi connectivity index (χ1n) is 9.49. The van der Waals surface area contributed by atoms with Gasteiger partial charge in [0.2, 0.25) is 5.91 Å². The van der Waals surface area contributed by atoms with Crippen molar-refractivity contribution in [2.75, 3.05) is 39.8 Å². The van der Waals surface area contributed by atoms with Gasteiger partial charge in [0.05, 0.1) is 12.1 Å². The van der Waals surface area contributed by atoms with Gasteiger partial charge in [0.15, 0.2) is 0 Å². The Kier molecular flexibility index (Phi) is 7.71. The maximum absolute atomic E-state index is 12.5. The van der Waals surface area contributed by atoms with E-state index in [0.29, 0.717) is 11.8 Å². The van der Waals surface area contributed by atoms with Crippen LogP contribution in [0.25, 0.3) is 0 Å². The summed E-state index contributed by atoms with van der Waals surface area (Å²) in [5.74, 6) is 1.26. The van der Waals surface area contributed by atoms with Crippen molar-refractivity contribution >= 4 is 5.91 Å². The molecule has 0 aliphatic carbocycles. The van der Waals surface area contributed by atoms with Crippen LogP contribution >= 0.6 is 0 Å². The summed E-state index contributed by atoms with van der Waals surface area (Å²) in [6.45, 7) is 6.17. The molecule has 1 aliphatic heterocycles. The predicted molar refractivity (Wildman–Crippen MR) is 100.0 cm³/mol. The number of aliphatic hydroxyl groups is 1. The summed E-state index contributed by atoms with van der Waals surface area (Å²) in [6.07, 6.45) is -4.13. The molecule has 0 aromatic heterocycles. The number of hydrogen-bond acceptors (Lipinski definition) is 4. The predicted octanol–water partition coefficient (Wildman–Crippen LogP) is 2.88. The van der Waals surface area contributed by atoms with E-state index in [2.05, 4.69) is 13.8 Å². The lowest BCUT2D eigenvalue weighted by Crippen LogP contribution is -2.47. The molecule has 0 spiro atoms. The fourth-order valence-corrected chi connectivity index (χ4v) is 3.61. The molecule has 5 nitrogen and oxygen atoms in total. The number of benzene rings is 1. The molecule has 0 saturated carbocycles. The highest BCUT2D eigenvalue weighted by Crippen LogP contribution is 2.30.